The highest BCUT2D eigenvalue weighted by Crippen LogP contribution is 2.34. The maximum atomic E-state index is 12.4. The van der Waals surface area contributed by atoms with Crippen LogP contribution in [0.3, 0.4) is 0 Å². The molecule has 2 aliphatic rings. The second-order valence-electron chi connectivity index (χ2n) is 8.05. The second-order valence-corrected chi connectivity index (χ2v) is 8.89. The fourth-order valence-corrected chi connectivity index (χ4v) is 4.29. The lowest BCUT2D eigenvalue weighted by atomic mass is 10.2. The summed E-state index contributed by atoms with van der Waals surface area (Å²) < 4.78 is 16.6. The number of benzene rings is 2. The number of carbonyl (C=O) groups is 2. The molecule has 1 N–H and O–H groups in total. The number of nitrogens with one attached hydrogen (secondary N) is 1. The Morgan fingerprint density at radius 2 is 1.91 bits per heavy atom. The predicted octanol–water partition coefficient (Wildman–Crippen LogP) is 3.85. The Morgan fingerprint density at radius 1 is 1.09 bits per heavy atom. The quantitative estimate of drug-likeness (QED) is 0.519. The Kier molecular flexibility index (Phi) is 8.50. The minimum absolute atomic E-state index is 0.0158. The molecule has 2 heterocycles. The molecule has 0 aliphatic carbocycles. The molecule has 34 heavy (non-hydrogen) atoms. The Labute approximate surface area is 208 Å². The fraction of sp³-hybridized carbons (Fsp3) is 0.417. The predicted molar refractivity (Wildman–Crippen MR) is 131 cm³/mol. The van der Waals surface area contributed by atoms with E-state index < -0.39 is 0 Å². The molecular formula is C24H27Cl2N3O5. The van der Waals surface area contributed by atoms with Gasteiger partial charge in [0.15, 0.2) is 6.61 Å². The summed E-state index contributed by atoms with van der Waals surface area (Å²) in [5.74, 6) is 0.909. The van der Waals surface area contributed by atoms with Gasteiger partial charge in [0, 0.05) is 49.4 Å². The van der Waals surface area contributed by atoms with Gasteiger partial charge in [0.25, 0.3) is 5.91 Å². The van der Waals surface area contributed by atoms with E-state index in [0.717, 1.165) is 38.5 Å². The molecule has 2 aliphatic heterocycles. The minimum atomic E-state index is -0.137. The maximum Gasteiger partial charge on any atom is 0.265 e. The van der Waals surface area contributed by atoms with E-state index in [0.29, 0.717) is 46.8 Å². The van der Waals surface area contributed by atoms with Gasteiger partial charge in [0.05, 0.1) is 30.5 Å². The van der Waals surface area contributed by atoms with E-state index >= 15 is 0 Å². The molecule has 182 valence electrons. The van der Waals surface area contributed by atoms with Crippen LogP contribution in [0.5, 0.6) is 11.5 Å². The number of hydrogen-bond acceptors (Lipinski definition) is 6. The third-order valence-electron chi connectivity index (χ3n) is 5.63. The molecule has 1 saturated heterocycles. The van der Waals surface area contributed by atoms with Crippen molar-refractivity contribution in [3.05, 3.63) is 46.4 Å². The molecule has 2 amide bonds. The van der Waals surface area contributed by atoms with Crippen molar-refractivity contribution in [3.63, 3.8) is 0 Å². The van der Waals surface area contributed by atoms with E-state index in [-0.39, 0.29) is 24.8 Å². The van der Waals surface area contributed by atoms with Crippen LogP contribution in [-0.4, -0.2) is 69.3 Å². The number of hydrogen-bond donors (Lipinski definition) is 1. The first kappa shape index (κ1) is 24.6. The maximum absolute atomic E-state index is 12.4. The Bertz CT molecular complexity index is 1030. The highest BCUT2D eigenvalue weighted by Gasteiger charge is 2.26. The molecule has 8 nitrogen and oxygen atoms in total. The summed E-state index contributed by atoms with van der Waals surface area (Å²) in [6.07, 6.45) is 0.809. The van der Waals surface area contributed by atoms with E-state index in [1.165, 1.54) is 0 Å². The van der Waals surface area contributed by atoms with Crippen LogP contribution in [0.25, 0.3) is 0 Å². The Morgan fingerprint density at radius 3 is 2.71 bits per heavy atom. The van der Waals surface area contributed by atoms with Gasteiger partial charge >= 0.3 is 0 Å². The number of nitrogens with zero attached hydrogens (tertiary/aromatic N) is 2. The molecule has 0 aromatic heterocycles. The molecule has 0 radical (unpaired) electrons. The summed E-state index contributed by atoms with van der Waals surface area (Å²) >= 11 is 12.0. The topological polar surface area (TPSA) is 80.3 Å². The van der Waals surface area contributed by atoms with Gasteiger partial charge in [-0.25, -0.2) is 0 Å². The first-order valence-corrected chi connectivity index (χ1v) is 12.0. The zero-order valence-corrected chi connectivity index (χ0v) is 20.2. The van der Waals surface area contributed by atoms with Crippen molar-refractivity contribution < 1.29 is 23.8 Å². The molecule has 10 heteroatoms. The fourth-order valence-electron chi connectivity index (χ4n) is 3.82. The Balaban J connectivity index is 1.27. The van der Waals surface area contributed by atoms with Crippen molar-refractivity contribution in [2.45, 2.75) is 12.8 Å². The van der Waals surface area contributed by atoms with Crippen LogP contribution in [-0.2, 0) is 14.3 Å². The Hall–Kier alpha value is -2.52. The van der Waals surface area contributed by atoms with Gasteiger partial charge in [0.1, 0.15) is 11.5 Å². The van der Waals surface area contributed by atoms with Gasteiger partial charge in [0.2, 0.25) is 5.91 Å². The lowest BCUT2D eigenvalue weighted by Crippen LogP contribution is -2.45. The molecular weight excluding hydrogens is 481 g/mol. The van der Waals surface area contributed by atoms with Crippen molar-refractivity contribution in [1.29, 1.82) is 0 Å². The van der Waals surface area contributed by atoms with Crippen molar-refractivity contribution in [1.82, 2.24) is 4.90 Å². The smallest absolute Gasteiger partial charge is 0.265 e. The molecule has 4 rings (SSSR count). The lowest BCUT2D eigenvalue weighted by molar-refractivity contribution is -0.121. The summed E-state index contributed by atoms with van der Waals surface area (Å²) in [7, 11) is 0. The lowest BCUT2D eigenvalue weighted by Gasteiger charge is -2.33. The molecule has 0 spiro atoms. The van der Waals surface area contributed by atoms with Crippen molar-refractivity contribution in [3.8, 4) is 11.5 Å². The van der Waals surface area contributed by atoms with Crippen molar-refractivity contribution in [2.24, 2.45) is 0 Å². The summed E-state index contributed by atoms with van der Waals surface area (Å²) in [5.41, 5.74) is 1.34. The van der Waals surface area contributed by atoms with Gasteiger partial charge < -0.3 is 24.4 Å². The van der Waals surface area contributed by atoms with E-state index in [2.05, 4.69) is 10.2 Å². The highest BCUT2D eigenvalue weighted by molar-refractivity contribution is 6.35. The number of carbonyl (C=O) groups excluding carboxylic acids is 2. The average molecular weight is 508 g/mol. The van der Waals surface area contributed by atoms with Crippen LogP contribution in [0, 0.1) is 0 Å². The number of anilines is 2. The van der Waals surface area contributed by atoms with Gasteiger partial charge in [-0.05, 0) is 36.8 Å². The zero-order valence-electron chi connectivity index (χ0n) is 18.7. The molecule has 0 bridgehead atoms. The summed E-state index contributed by atoms with van der Waals surface area (Å²) in [6.45, 7) is 4.87. The molecule has 0 atom stereocenters. The van der Waals surface area contributed by atoms with Gasteiger partial charge in [-0.15, -0.1) is 0 Å². The highest BCUT2D eigenvalue weighted by atomic mass is 35.5. The molecule has 2 aromatic carbocycles. The van der Waals surface area contributed by atoms with Crippen molar-refractivity contribution in [2.75, 3.05) is 62.8 Å². The largest absolute Gasteiger partial charge is 0.492 e. The average Bonchev–Trinajstić information content (AvgIpc) is 2.83. The van der Waals surface area contributed by atoms with Crippen LogP contribution in [0.15, 0.2) is 36.4 Å². The van der Waals surface area contributed by atoms with Crippen LogP contribution in [0.2, 0.25) is 10.0 Å². The summed E-state index contributed by atoms with van der Waals surface area (Å²) in [4.78, 5) is 28.8. The molecule has 0 unspecified atom stereocenters. The van der Waals surface area contributed by atoms with Crippen LogP contribution >= 0.6 is 23.2 Å². The number of halogens is 2. The van der Waals surface area contributed by atoms with Gasteiger partial charge in [-0.3, -0.25) is 14.5 Å². The van der Waals surface area contributed by atoms with Crippen LogP contribution in [0.4, 0.5) is 11.4 Å². The minimum Gasteiger partial charge on any atom is -0.492 e. The van der Waals surface area contributed by atoms with Crippen LogP contribution < -0.4 is 19.7 Å². The van der Waals surface area contributed by atoms with Crippen LogP contribution in [0.1, 0.15) is 12.8 Å². The number of fused-ring (bicyclic) bond motifs is 1. The summed E-state index contributed by atoms with van der Waals surface area (Å²) in [6, 6.07) is 10.4. The number of ether oxygens (including phenoxy) is 3. The number of rotatable bonds is 9. The second kappa shape index (κ2) is 11.8. The van der Waals surface area contributed by atoms with E-state index in [1.54, 1.807) is 35.2 Å². The first-order chi connectivity index (χ1) is 16.5. The monoisotopic (exact) mass is 507 g/mol. The molecule has 1 fully saturated rings. The third-order valence-corrected chi connectivity index (χ3v) is 6.16. The van der Waals surface area contributed by atoms with Crippen molar-refractivity contribution >= 4 is 46.4 Å². The van der Waals surface area contributed by atoms with Gasteiger partial charge in [-0.1, -0.05) is 23.2 Å². The zero-order chi connectivity index (χ0) is 23.9. The SMILES string of the molecule is O=C(CCCOc1ccc(Cl)cc1Cl)Nc1ccc2c(c1)OCC(=O)N2CCN1CCOCC1. The standard InChI is InChI=1S/C24H27Cl2N3O5/c25-17-3-6-21(19(26)14-17)33-11-1-2-23(30)27-18-4-5-20-22(15-18)34-16-24(31)29(20)8-7-28-9-12-32-13-10-28/h3-6,14-15H,1-2,7-13,16H2,(H,27,30). The van der Waals surface area contributed by atoms with E-state index in [9.17, 15) is 9.59 Å². The van der Waals surface area contributed by atoms with Gasteiger partial charge in [-0.2, -0.15) is 0 Å². The summed E-state index contributed by atoms with van der Waals surface area (Å²) in [5, 5.41) is 3.85. The first-order valence-electron chi connectivity index (χ1n) is 11.2. The molecule has 2 aromatic rings. The normalized spacial score (nSPS) is 16.1. The third kappa shape index (κ3) is 6.54. The number of amides is 2. The molecule has 0 saturated carbocycles. The van der Waals surface area contributed by atoms with E-state index in [1.807, 2.05) is 6.07 Å². The number of morpholine rings is 1. The van der Waals surface area contributed by atoms with E-state index in [4.69, 9.17) is 37.4 Å².